The predicted molar refractivity (Wildman–Crippen MR) is 60.8 cm³/mol. The largest absolute Gasteiger partial charge is 0.469 e. The summed E-state index contributed by atoms with van der Waals surface area (Å²) >= 11 is 0. The Balaban J connectivity index is 2.37. The second-order valence-corrected chi connectivity index (χ2v) is 4.27. The summed E-state index contributed by atoms with van der Waals surface area (Å²) in [6, 6.07) is 0.678. The SMILES string of the molecule is CCC1CCCCCN1CCC(=O)OC. The molecule has 1 aliphatic heterocycles. The summed E-state index contributed by atoms with van der Waals surface area (Å²) in [4.78, 5) is 13.5. The summed E-state index contributed by atoms with van der Waals surface area (Å²) in [7, 11) is 1.46. The van der Waals surface area contributed by atoms with Gasteiger partial charge in [0.25, 0.3) is 0 Å². The summed E-state index contributed by atoms with van der Waals surface area (Å²) in [5.41, 5.74) is 0. The molecule has 0 bridgehead atoms. The molecule has 1 unspecified atom stereocenters. The average Bonchev–Trinajstić information content (AvgIpc) is 2.50. The summed E-state index contributed by atoms with van der Waals surface area (Å²) in [5.74, 6) is -0.0888. The fourth-order valence-corrected chi connectivity index (χ4v) is 2.33. The van der Waals surface area contributed by atoms with E-state index in [0.29, 0.717) is 12.5 Å². The van der Waals surface area contributed by atoms with Gasteiger partial charge < -0.3 is 4.74 Å². The van der Waals surface area contributed by atoms with Gasteiger partial charge in [-0.3, -0.25) is 9.69 Å². The second kappa shape index (κ2) is 6.83. The van der Waals surface area contributed by atoms with Crippen LogP contribution < -0.4 is 0 Å². The summed E-state index contributed by atoms with van der Waals surface area (Å²) in [6.45, 7) is 4.25. The molecule has 0 amide bonds. The maximum atomic E-state index is 11.1. The van der Waals surface area contributed by atoms with E-state index >= 15 is 0 Å². The van der Waals surface area contributed by atoms with Crippen molar-refractivity contribution in [1.29, 1.82) is 0 Å². The van der Waals surface area contributed by atoms with Crippen LogP contribution in [0.3, 0.4) is 0 Å². The van der Waals surface area contributed by atoms with Gasteiger partial charge in [-0.2, -0.15) is 0 Å². The van der Waals surface area contributed by atoms with E-state index in [4.69, 9.17) is 0 Å². The minimum absolute atomic E-state index is 0.0888. The van der Waals surface area contributed by atoms with Crippen molar-refractivity contribution in [1.82, 2.24) is 4.90 Å². The van der Waals surface area contributed by atoms with Crippen LogP contribution in [-0.4, -0.2) is 37.1 Å². The van der Waals surface area contributed by atoms with Crippen molar-refractivity contribution >= 4 is 5.97 Å². The number of likely N-dealkylation sites (tertiary alicyclic amines) is 1. The normalized spacial score (nSPS) is 23.5. The Morgan fingerprint density at radius 2 is 2.20 bits per heavy atom. The van der Waals surface area contributed by atoms with Gasteiger partial charge in [0, 0.05) is 12.6 Å². The summed E-state index contributed by atoms with van der Waals surface area (Å²) in [6.07, 6.45) is 6.97. The van der Waals surface area contributed by atoms with Crippen LogP contribution in [0.4, 0.5) is 0 Å². The molecule has 88 valence electrons. The minimum atomic E-state index is -0.0888. The van der Waals surface area contributed by atoms with E-state index in [0.717, 1.165) is 13.1 Å². The Kier molecular flexibility index (Phi) is 5.69. The van der Waals surface area contributed by atoms with Gasteiger partial charge in [0.1, 0.15) is 0 Å². The molecule has 0 aromatic rings. The molecule has 0 aliphatic carbocycles. The molecule has 1 heterocycles. The first-order chi connectivity index (χ1) is 7.27. The molecule has 1 saturated heterocycles. The Morgan fingerprint density at radius 1 is 1.40 bits per heavy atom. The number of hydrogen-bond donors (Lipinski definition) is 0. The van der Waals surface area contributed by atoms with Crippen LogP contribution in [0, 0.1) is 0 Å². The molecule has 1 aliphatic rings. The molecule has 0 aromatic carbocycles. The topological polar surface area (TPSA) is 29.5 Å². The third kappa shape index (κ3) is 4.20. The second-order valence-electron chi connectivity index (χ2n) is 4.27. The molecule has 0 N–H and O–H groups in total. The molecule has 0 spiro atoms. The maximum Gasteiger partial charge on any atom is 0.306 e. The Labute approximate surface area is 92.8 Å². The van der Waals surface area contributed by atoms with Crippen LogP contribution in [0.1, 0.15) is 45.4 Å². The van der Waals surface area contributed by atoms with Gasteiger partial charge in [-0.15, -0.1) is 0 Å². The number of esters is 1. The van der Waals surface area contributed by atoms with Gasteiger partial charge in [-0.05, 0) is 25.8 Å². The van der Waals surface area contributed by atoms with E-state index in [1.54, 1.807) is 0 Å². The molecule has 1 rings (SSSR count). The highest BCUT2D eigenvalue weighted by molar-refractivity contribution is 5.69. The summed E-state index contributed by atoms with van der Waals surface area (Å²) < 4.78 is 4.68. The van der Waals surface area contributed by atoms with Crippen molar-refractivity contribution < 1.29 is 9.53 Å². The standard InChI is InChI=1S/C12H23NO2/c1-3-11-7-5-4-6-9-13(11)10-8-12(14)15-2/h11H,3-10H2,1-2H3. The minimum Gasteiger partial charge on any atom is -0.469 e. The molecule has 1 atom stereocenters. The molecule has 15 heavy (non-hydrogen) atoms. The van der Waals surface area contributed by atoms with Crippen molar-refractivity contribution in [3.63, 3.8) is 0 Å². The molecule has 0 aromatic heterocycles. The van der Waals surface area contributed by atoms with E-state index in [2.05, 4.69) is 16.6 Å². The lowest BCUT2D eigenvalue weighted by Crippen LogP contribution is -2.36. The zero-order valence-corrected chi connectivity index (χ0v) is 10.00. The highest BCUT2D eigenvalue weighted by Gasteiger charge is 2.19. The molecular weight excluding hydrogens is 190 g/mol. The van der Waals surface area contributed by atoms with E-state index < -0.39 is 0 Å². The van der Waals surface area contributed by atoms with Crippen LogP contribution in [0.5, 0.6) is 0 Å². The number of ether oxygens (including phenoxy) is 1. The van der Waals surface area contributed by atoms with Gasteiger partial charge in [-0.1, -0.05) is 19.8 Å². The quantitative estimate of drug-likeness (QED) is 0.670. The zero-order valence-electron chi connectivity index (χ0n) is 10.00. The van der Waals surface area contributed by atoms with E-state index in [1.165, 1.54) is 39.2 Å². The molecule has 3 nitrogen and oxygen atoms in total. The highest BCUT2D eigenvalue weighted by atomic mass is 16.5. The number of carbonyl (C=O) groups excluding carboxylic acids is 1. The van der Waals surface area contributed by atoms with Gasteiger partial charge in [0.15, 0.2) is 0 Å². The maximum absolute atomic E-state index is 11.1. The number of methoxy groups -OCH3 is 1. The Morgan fingerprint density at radius 3 is 2.87 bits per heavy atom. The molecule has 0 saturated carbocycles. The lowest BCUT2D eigenvalue weighted by atomic mass is 10.1. The van der Waals surface area contributed by atoms with Crippen LogP contribution in [0.25, 0.3) is 0 Å². The van der Waals surface area contributed by atoms with Gasteiger partial charge >= 0.3 is 5.97 Å². The van der Waals surface area contributed by atoms with Crippen molar-refractivity contribution in [3.8, 4) is 0 Å². The third-order valence-corrected chi connectivity index (χ3v) is 3.30. The first-order valence-corrected chi connectivity index (χ1v) is 6.08. The molecule has 3 heteroatoms. The Hall–Kier alpha value is -0.570. The van der Waals surface area contributed by atoms with Crippen LogP contribution in [0.2, 0.25) is 0 Å². The lowest BCUT2D eigenvalue weighted by Gasteiger charge is -2.28. The highest BCUT2D eigenvalue weighted by Crippen LogP contribution is 2.19. The van der Waals surface area contributed by atoms with E-state index in [-0.39, 0.29) is 5.97 Å². The van der Waals surface area contributed by atoms with Crippen molar-refractivity contribution in [3.05, 3.63) is 0 Å². The van der Waals surface area contributed by atoms with Crippen LogP contribution in [-0.2, 0) is 9.53 Å². The fraction of sp³-hybridized carbons (Fsp3) is 0.917. The third-order valence-electron chi connectivity index (χ3n) is 3.30. The van der Waals surface area contributed by atoms with E-state index in [9.17, 15) is 4.79 Å². The predicted octanol–water partition coefficient (Wildman–Crippen LogP) is 2.20. The fourth-order valence-electron chi connectivity index (χ4n) is 2.33. The lowest BCUT2D eigenvalue weighted by molar-refractivity contribution is -0.141. The van der Waals surface area contributed by atoms with Crippen molar-refractivity contribution in [2.45, 2.75) is 51.5 Å². The van der Waals surface area contributed by atoms with Gasteiger partial charge in [-0.25, -0.2) is 0 Å². The average molecular weight is 213 g/mol. The number of hydrogen-bond acceptors (Lipinski definition) is 3. The van der Waals surface area contributed by atoms with Crippen LogP contribution in [0.15, 0.2) is 0 Å². The first-order valence-electron chi connectivity index (χ1n) is 6.08. The smallest absolute Gasteiger partial charge is 0.306 e. The number of nitrogens with zero attached hydrogens (tertiary/aromatic N) is 1. The molecule has 0 radical (unpaired) electrons. The van der Waals surface area contributed by atoms with Crippen molar-refractivity contribution in [2.75, 3.05) is 20.2 Å². The monoisotopic (exact) mass is 213 g/mol. The van der Waals surface area contributed by atoms with Crippen LogP contribution >= 0.6 is 0 Å². The Bertz CT molecular complexity index is 194. The zero-order chi connectivity index (χ0) is 11.1. The number of rotatable bonds is 4. The van der Waals surface area contributed by atoms with Crippen molar-refractivity contribution in [2.24, 2.45) is 0 Å². The van der Waals surface area contributed by atoms with Gasteiger partial charge in [0.05, 0.1) is 13.5 Å². The molecule has 1 fully saturated rings. The van der Waals surface area contributed by atoms with E-state index in [1.807, 2.05) is 0 Å². The molecular formula is C12H23NO2. The number of carbonyl (C=O) groups is 1. The first kappa shape index (κ1) is 12.5. The summed E-state index contributed by atoms with van der Waals surface area (Å²) in [5, 5.41) is 0. The van der Waals surface area contributed by atoms with Gasteiger partial charge in [0.2, 0.25) is 0 Å².